The molecule has 0 unspecified atom stereocenters. The molecule has 8 heteroatoms. The summed E-state index contributed by atoms with van der Waals surface area (Å²) in [6, 6.07) is 15.6. The Labute approximate surface area is 183 Å². The number of ether oxygens (including phenoxy) is 1. The second-order valence-corrected chi connectivity index (χ2v) is 9.24. The molecule has 1 aliphatic rings. The Hall–Kier alpha value is -2.84. The summed E-state index contributed by atoms with van der Waals surface area (Å²) in [5.74, 6) is 1.18. The van der Waals surface area contributed by atoms with Crippen molar-refractivity contribution in [3.63, 3.8) is 0 Å². The average molecular weight is 442 g/mol. The SMILES string of the molecule is COc1ccccc1N1CCN(CCc2ccc(OS(C)(=O)=O)c3ncccc23)CC1. The summed E-state index contributed by atoms with van der Waals surface area (Å²) in [6.07, 6.45) is 3.55. The molecular formula is C23H27N3O4S. The predicted octanol–water partition coefficient (Wildman–Crippen LogP) is 2.95. The minimum Gasteiger partial charge on any atom is -0.495 e. The van der Waals surface area contributed by atoms with Crippen LogP contribution in [-0.2, 0) is 16.5 Å². The third-order valence-electron chi connectivity index (χ3n) is 5.56. The molecule has 0 atom stereocenters. The number of pyridine rings is 1. The summed E-state index contributed by atoms with van der Waals surface area (Å²) in [4.78, 5) is 9.18. The van der Waals surface area contributed by atoms with E-state index in [0.717, 1.165) is 67.8 Å². The van der Waals surface area contributed by atoms with Gasteiger partial charge in [0.15, 0.2) is 5.75 Å². The van der Waals surface area contributed by atoms with Crippen LogP contribution in [0.5, 0.6) is 11.5 Å². The van der Waals surface area contributed by atoms with Crippen molar-refractivity contribution < 1.29 is 17.3 Å². The number of fused-ring (bicyclic) bond motifs is 1. The third kappa shape index (κ3) is 5.08. The first-order valence-corrected chi connectivity index (χ1v) is 12.1. The van der Waals surface area contributed by atoms with E-state index in [1.54, 1.807) is 19.4 Å². The first kappa shape index (κ1) is 21.4. The van der Waals surface area contributed by atoms with Crippen molar-refractivity contribution in [3.8, 4) is 11.5 Å². The number of hydrogen-bond donors (Lipinski definition) is 0. The standard InChI is InChI=1S/C23H27N3O4S/c1-29-21-8-4-3-7-20(21)26-16-14-25(15-17-26)13-11-18-9-10-22(30-31(2,27)28)23-19(18)6-5-12-24-23/h3-10,12H,11,13-17H2,1-2H3. The van der Waals surface area contributed by atoms with Crippen LogP contribution in [0.3, 0.4) is 0 Å². The molecule has 0 amide bonds. The molecule has 0 bridgehead atoms. The maximum atomic E-state index is 11.6. The Kier molecular flexibility index (Phi) is 6.29. The molecule has 0 aliphatic carbocycles. The molecular weight excluding hydrogens is 414 g/mol. The number of methoxy groups -OCH3 is 1. The summed E-state index contributed by atoms with van der Waals surface area (Å²) in [5.41, 5.74) is 2.85. The van der Waals surface area contributed by atoms with Crippen molar-refractivity contribution in [2.45, 2.75) is 6.42 Å². The molecule has 164 valence electrons. The monoisotopic (exact) mass is 441 g/mol. The number of para-hydroxylation sites is 2. The van der Waals surface area contributed by atoms with E-state index in [1.165, 1.54) is 0 Å². The summed E-state index contributed by atoms with van der Waals surface area (Å²) < 4.78 is 33.7. The van der Waals surface area contributed by atoms with Crippen molar-refractivity contribution in [1.82, 2.24) is 9.88 Å². The van der Waals surface area contributed by atoms with E-state index in [4.69, 9.17) is 8.92 Å². The molecule has 4 rings (SSSR count). The number of hydrogen-bond acceptors (Lipinski definition) is 7. The lowest BCUT2D eigenvalue weighted by molar-refractivity contribution is 0.260. The van der Waals surface area contributed by atoms with Crippen LogP contribution in [0.4, 0.5) is 5.69 Å². The van der Waals surface area contributed by atoms with Crippen molar-refractivity contribution in [3.05, 3.63) is 60.3 Å². The quantitative estimate of drug-likeness (QED) is 0.522. The molecule has 0 spiro atoms. The van der Waals surface area contributed by atoms with Crippen LogP contribution < -0.4 is 13.8 Å². The lowest BCUT2D eigenvalue weighted by Crippen LogP contribution is -2.47. The highest BCUT2D eigenvalue weighted by Crippen LogP contribution is 2.30. The van der Waals surface area contributed by atoms with E-state index in [1.807, 2.05) is 36.4 Å². The van der Waals surface area contributed by atoms with Gasteiger partial charge in [-0.25, -0.2) is 0 Å². The van der Waals surface area contributed by atoms with Crippen molar-refractivity contribution in [2.24, 2.45) is 0 Å². The Morgan fingerprint density at radius 2 is 1.74 bits per heavy atom. The maximum absolute atomic E-state index is 11.6. The molecule has 0 radical (unpaired) electrons. The molecule has 1 saturated heterocycles. The first-order valence-electron chi connectivity index (χ1n) is 10.3. The van der Waals surface area contributed by atoms with E-state index >= 15 is 0 Å². The lowest BCUT2D eigenvalue weighted by Gasteiger charge is -2.36. The van der Waals surface area contributed by atoms with Gasteiger partial charge in [0.1, 0.15) is 11.3 Å². The average Bonchev–Trinajstić information content (AvgIpc) is 2.78. The van der Waals surface area contributed by atoms with Gasteiger partial charge in [-0.1, -0.05) is 24.3 Å². The van der Waals surface area contributed by atoms with Crippen LogP contribution in [0.25, 0.3) is 10.9 Å². The van der Waals surface area contributed by atoms with E-state index in [2.05, 4.69) is 20.9 Å². The fourth-order valence-corrected chi connectivity index (χ4v) is 4.50. The van der Waals surface area contributed by atoms with Gasteiger partial charge in [0.2, 0.25) is 0 Å². The van der Waals surface area contributed by atoms with Gasteiger partial charge in [-0.05, 0) is 36.2 Å². The second kappa shape index (κ2) is 9.11. The molecule has 2 heterocycles. The van der Waals surface area contributed by atoms with Crippen LogP contribution in [0.15, 0.2) is 54.7 Å². The smallest absolute Gasteiger partial charge is 0.306 e. The second-order valence-electron chi connectivity index (χ2n) is 7.66. The highest BCUT2D eigenvalue weighted by molar-refractivity contribution is 7.86. The molecule has 7 nitrogen and oxygen atoms in total. The minimum atomic E-state index is -3.61. The molecule has 0 saturated carbocycles. The molecule has 0 N–H and O–H groups in total. The number of anilines is 1. The topological polar surface area (TPSA) is 72.0 Å². The van der Waals surface area contributed by atoms with Crippen molar-refractivity contribution >= 4 is 26.7 Å². The number of aromatic nitrogens is 1. The number of rotatable bonds is 7. The van der Waals surface area contributed by atoms with Gasteiger partial charge in [-0.2, -0.15) is 8.42 Å². The van der Waals surface area contributed by atoms with E-state index in [-0.39, 0.29) is 5.75 Å². The zero-order valence-corrected chi connectivity index (χ0v) is 18.6. The first-order chi connectivity index (χ1) is 14.9. The summed E-state index contributed by atoms with van der Waals surface area (Å²) in [6.45, 7) is 4.77. The van der Waals surface area contributed by atoms with Gasteiger partial charge in [-0.3, -0.25) is 9.88 Å². The van der Waals surface area contributed by atoms with Gasteiger partial charge >= 0.3 is 10.1 Å². The fraction of sp³-hybridized carbons (Fsp3) is 0.348. The van der Waals surface area contributed by atoms with Gasteiger partial charge in [0.25, 0.3) is 0 Å². The highest BCUT2D eigenvalue weighted by atomic mass is 32.2. The third-order valence-corrected chi connectivity index (χ3v) is 6.04. The number of benzene rings is 2. The zero-order chi connectivity index (χ0) is 21.8. The van der Waals surface area contributed by atoms with Crippen LogP contribution in [0.1, 0.15) is 5.56 Å². The highest BCUT2D eigenvalue weighted by Gasteiger charge is 2.20. The summed E-state index contributed by atoms with van der Waals surface area (Å²) >= 11 is 0. The Morgan fingerprint density at radius 3 is 2.48 bits per heavy atom. The van der Waals surface area contributed by atoms with E-state index in [0.29, 0.717) is 5.52 Å². The van der Waals surface area contributed by atoms with Crippen molar-refractivity contribution in [2.75, 3.05) is 51.0 Å². The molecule has 3 aromatic rings. The lowest BCUT2D eigenvalue weighted by atomic mass is 10.0. The number of piperazine rings is 1. The Bertz CT molecular complexity index is 1160. The minimum absolute atomic E-state index is 0.271. The van der Waals surface area contributed by atoms with Gasteiger partial charge in [0.05, 0.1) is 19.1 Å². The van der Waals surface area contributed by atoms with Gasteiger partial charge in [0, 0.05) is 44.3 Å². The van der Waals surface area contributed by atoms with Gasteiger partial charge < -0.3 is 13.8 Å². The Balaban J connectivity index is 1.42. The van der Waals surface area contributed by atoms with Gasteiger partial charge in [-0.15, -0.1) is 0 Å². The maximum Gasteiger partial charge on any atom is 0.306 e. The van der Waals surface area contributed by atoms with Crippen LogP contribution in [0.2, 0.25) is 0 Å². The van der Waals surface area contributed by atoms with Crippen LogP contribution in [0, 0.1) is 0 Å². The normalized spacial score (nSPS) is 15.2. The zero-order valence-electron chi connectivity index (χ0n) is 17.8. The Morgan fingerprint density at radius 1 is 0.968 bits per heavy atom. The summed E-state index contributed by atoms with van der Waals surface area (Å²) in [5, 5.41) is 0.927. The predicted molar refractivity (Wildman–Crippen MR) is 123 cm³/mol. The summed E-state index contributed by atoms with van der Waals surface area (Å²) in [7, 11) is -1.90. The fourth-order valence-electron chi connectivity index (χ4n) is 4.04. The van der Waals surface area contributed by atoms with Crippen molar-refractivity contribution in [1.29, 1.82) is 0 Å². The van der Waals surface area contributed by atoms with E-state index in [9.17, 15) is 8.42 Å². The number of nitrogens with zero attached hydrogens (tertiary/aromatic N) is 3. The molecule has 1 fully saturated rings. The molecule has 1 aromatic heterocycles. The molecule has 1 aliphatic heterocycles. The molecule has 31 heavy (non-hydrogen) atoms. The van der Waals surface area contributed by atoms with Crippen LogP contribution >= 0.6 is 0 Å². The molecule has 2 aromatic carbocycles. The van der Waals surface area contributed by atoms with E-state index < -0.39 is 10.1 Å². The largest absolute Gasteiger partial charge is 0.495 e. The van der Waals surface area contributed by atoms with Crippen LogP contribution in [-0.4, -0.2) is 64.4 Å².